The van der Waals surface area contributed by atoms with Gasteiger partial charge in [0.25, 0.3) is 10.0 Å². The molecule has 0 atom stereocenters. The molecule has 2 aromatic heterocycles. The number of sulfonamides is 1. The summed E-state index contributed by atoms with van der Waals surface area (Å²) in [6.45, 7) is 0.0851. The van der Waals surface area contributed by atoms with E-state index < -0.39 is 22.0 Å². The lowest BCUT2D eigenvalue weighted by Gasteiger charge is -2.15. The molecule has 0 aliphatic rings. The van der Waals surface area contributed by atoms with Gasteiger partial charge in [-0.1, -0.05) is 6.07 Å². The lowest BCUT2D eigenvalue weighted by atomic mass is 10.3. The summed E-state index contributed by atoms with van der Waals surface area (Å²) < 4.78 is 40.7. The van der Waals surface area contributed by atoms with Gasteiger partial charge in [-0.05, 0) is 30.0 Å². The monoisotopic (exact) mass is 401 g/mol. The maximum atomic E-state index is 12.2. The highest BCUT2D eigenvalue weighted by molar-refractivity contribution is 7.91. The topological polar surface area (TPSA) is 103 Å². The molecule has 2 rings (SSSR count). The molecule has 142 valence electrons. The highest BCUT2D eigenvalue weighted by Gasteiger charge is 2.21. The average molecular weight is 401 g/mol. The summed E-state index contributed by atoms with van der Waals surface area (Å²) in [4.78, 5) is 23.0. The Kier molecular flexibility index (Phi) is 6.95. The molecule has 0 saturated carbocycles. The number of furan rings is 1. The van der Waals surface area contributed by atoms with Gasteiger partial charge in [0.1, 0.15) is 16.6 Å². The summed E-state index contributed by atoms with van der Waals surface area (Å²) >= 11 is 1.14. The normalized spacial score (nSPS) is 11.5. The second kappa shape index (κ2) is 8.97. The van der Waals surface area contributed by atoms with E-state index in [0.717, 1.165) is 11.3 Å². The van der Waals surface area contributed by atoms with E-state index in [1.807, 2.05) is 0 Å². The molecule has 8 nitrogen and oxygen atoms in total. The minimum Gasteiger partial charge on any atom is -0.463 e. The van der Waals surface area contributed by atoms with Crippen molar-refractivity contribution in [2.75, 3.05) is 20.7 Å². The molecule has 2 aromatic rings. The first-order chi connectivity index (χ1) is 12.3. The van der Waals surface area contributed by atoms with Crippen LogP contribution in [0.15, 0.2) is 38.3 Å². The molecule has 0 saturated heterocycles. The van der Waals surface area contributed by atoms with Crippen molar-refractivity contribution >= 4 is 33.3 Å². The molecule has 0 aliphatic carbocycles. The first-order valence-electron chi connectivity index (χ1n) is 7.67. The molecule has 0 bridgehead atoms. The van der Waals surface area contributed by atoms with Crippen LogP contribution in [0.3, 0.4) is 0 Å². The average Bonchev–Trinajstić information content (AvgIpc) is 3.31. The predicted molar refractivity (Wildman–Crippen MR) is 93.2 cm³/mol. The van der Waals surface area contributed by atoms with Crippen LogP contribution in [0.4, 0.5) is 0 Å². The van der Waals surface area contributed by atoms with Gasteiger partial charge in [-0.3, -0.25) is 4.79 Å². The summed E-state index contributed by atoms with van der Waals surface area (Å²) in [7, 11) is -0.810. The zero-order chi connectivity index (χ0) is 19.2. The quantitative estimate of drug-likeness (QED) is 0.594. The van der Waals surface area contributed by atoms with Gasteiger partial charge >= 0.3 is 11.9 Å². The SMILES string of the molecule is COC(=O)c1ccc(COC(=O)CCCN(C)S(=O)(=O)c2cccs2)o1. The van der Waals surface area contributed by atoms with E-state index >= 15 is 0 Å². The third-order valence-corrected chi connectivity index (χ3v) is 6.67. The maximum Gasteiger partial charge on any atom is 0.373 e. The highest BCUT2D eigenvalue weighted by Crippen LogP contribution is 2.20. The highest BCUT2D eigenvalue weighted by atomic mass is 32.2. The van der Waals surface area contributed by atoms with Gasteiger partial charge in [0.05, 0.1) is 7.11 Å². The van der Waals surface area contributed by atoms with E-state index in [1.165, 1.54) is 36.7 Å². The Morgan fingerprint density at radius 1 is 1.27 bits per heavy atom. The fourth-order valence-electron chi connectivity index (χ4n) is 2.02. The Labute approximate surface area is 155 Å². The van der Waals surface area contributed by atoms with Crippen molar-refractivity contribution in [3.8, 4) is 0 Å². The Morgan fingerprint density at radius 2 is 2.04 bits per heavy atom. The smallest absolute Gasteiger partial charge is 0.373 e. The number of methoxy groups -OCH3 is 1. The predicted octanol–water partition coefficient (Wildman–Crippen LogP) is 2.27. The van der Waals surface area contributed by atoms with Crippen LogP contribution in [0.5, 0.6) is 0 Å². The Morgan fingerprint density at radius 3 is 2.69 bits per heavy atom. The van der Waals surface area contributed by atoms with Crippen LogP contribution in [0.1, 0.15) is 29.2 Å². The Bertz CT molecular complexity index is 840. The summed E-state index contributed by atoms with van der Waals surface area (Å²) in [5.74, 6) is -0.754. The van der Waals surface area contributed by atoms with Gasteiger partial charge < -0.3 is 13.9 Å². The van der Waals surface area contributed by atoms with Gasteiger partial charge in [0.15, 0.2) is 0 Å². The summed E-state index contributed by atoms with van der Waals surface area (Å²) in [5.41, 5.74) is 0. The molecule has 0 spiro atoms. The van der Waals surface area contributed by atoms with Crippen molar-refractivity contribution in [2.24, 2.45) is 0 Å². The number of esters is 2. The molecule has 0 radical (unpaired) electrons. The molecule has 26 heavy (non-hydrogen) atoms. The summed E-state index contributed by atoms with van der Waals surface area (Å²) in [5, 5.41) is 1.69. The summed E-state index contributed by atoms with van der Waals surface area (Å²) in [6.07, 6.45) is 0.389. The van der Waals surface area contributed by atoms with Crippen molar-refractivity contribution < 1.29 is 31.9 Å². The van der Waals surface area contributed by atoms with Crippen molar-refractivity contribution in [1.29, 1.82) is 0 Å². The van der Waals surface area contributed by atoms with Gasteiger partial charge in [0, 0.05) is 20.0 Å². The van der Waals surface area contributed by atoms with Gasteiger partial charge in [-0.2, -0.15) is 0 Å². The fraction of sp³-hybridized carbons (Fsp3) is 0.375. The molecular weight excluding hydrogens is 382 g/mol. The van der Waals surface area contributed by atoms with Crippen LogP contribution < -0.4 is 0 Å². The molecule has 0 fully saturated rings. The van der Waals surface area contributed by atoms with Gasteiger partial charge in [-0.15, -0.1) is 11.3 Å². The van der Waals surface area contributed by atoms with Crippen molar-refractivity contribution in [3.63, 3.8) is 0 Å². The van der Waals surface area contributed by atoms with Crippen LogP contribution in [-0.2, 0) is 30.9 Å². The first-order valence-corrected chi connectivity index (χ1v) is 9.99. The van der Waals surface area contributed by atoms with Crippen LogP contribution >= 0.6 is 11.3 Å². The van der Waals surface area contributed by atoms with Gasteiger partial charge in [-0.25, -0.2) is 17.5 Å². The number of ether oxygens (including phenoxy) is 2. The number of rotatable bonds is 9. The molecule has 0 amide bonds. The van der Waals surface area contributed by atoms with Crippen LogP contribution in [0.25, 0.3) is 0 Å². The first kappa shape index (κ1) is 20.1. The van der Waals surface area contributed by atoms with E-state index in [0.29, 0.717) is 12.2 Å². The van der Waals surface area contributed by atoms with E-state index in [-0.39, 0.29) is 29.5 Å². The molecule has 2 heterocycles. The maximum absolute atomic E-state index is 12.2. The molecule has 0 unspecified atom stereocenters. The minimum absolute atomic E-state index is 0.0268. The lowest BCUT2D eigenvalue weighted by Crippen LogP contribution is -2.27. The standard InChI is InChI=1S/C16H19NO7S2/c1-17(26(20,21)15-6-4-10-25-15)9-3-5-14(18)23-11-12-7-8-13(24-12)16(19)22-2/h4,6-8,10H,3,5,9,11H2,1-2H3. The number of hydrogen-bond acceptors (Lipinski definition) is 8. The molecule has 0 N–H and O–H groups in total. The fourth-order valence-corrected chi connectivity index (χ4v) is 4.43. The Hall–Kier alpha value is -2.17. The van der Waals surface area contributed by atoms with Gasteiger partial charge in [0.2, 0.25) is 5.76 Å². The second-order valence-electron chi connectivity index (χ2n) is 5.28. The molecular formula is C16H19NO7S2. The second-order valence-corrected chi connectivity index (χ2v) is 8.50. The van der Waals surface area contributed by atoms with E-state index in [9.17, 15) is 18.0 Å². The third-order valence-electron chi connectivity index (χ3n) is 3.44. The Balaban J connectivity index is 1.73. The van der Waals surface area contributed by atoms with Crippen LogP contribution in [0, 0.1) is 0 Å². The lowest BCUT2D eigenvalue weighted by molar-refractivity contribution is -0.145. The zero-order valence-electron chi connectivity index (χ0n) is 14.3. The largest absolute Gasteiger partial charge is 0.463 e. The zero-order valence-corrected chi connectivity index (χ0v) is 16.0. The van der Waals surface area contributed by atoms with Crippen LogP contribution in [-0.4, -0.2) is 45.4 Å². The minimum atomic E-state index is -3.52. The van der Waals surface area contributed by atoms with E-state index in [4.69, 9.17) is 9.15 Å². The third kappa shape index (κ3) is 5.16. The number of nitrogens with zero attached hydrogens (tertiary/aromatic N) is 1. The van der Waals surface area contributed by atoms with Crippen molar-refractivity contribution in [3.05, 3.63) is 41.2 Å². The molecule has 10 heteroatoms. The molecule has 0 aromatic carbocycles. The van der Waals surface area contributed by atoms with Crippen LogP contribution in [0.2, 0.25) is 0 Å². The summed E-state index contributed by atoms with van der Waals surface area (Å²) in [6, 6.07) is 6.15. The number of hydrogen-bond donors (Lipinski definition) is 0. The molecule has 0 aliphatic heterocycles. The van der Waals surface area contributed by atoms with E-state index in [2.05, 4.69) is 4.74 Å². The number of thiophene rings is 1. The van der Waals surface area contributed by atoms with E-state index in [1.54, 1.807) is 11.4 Å². The number of carbonyl (C=O) groups is 2. The number of carbonyl (C=O) groups excluding carboxylic acids is 2. The van der Waals surface area contributed by atoms with Crippen molar-refractivity contribution in [2.45, 2.75) is 23.7 Å². The van der Waals surface area contributed by atoms with Crippen molar-refractivity contribution in [1.82, 2.24) is 4.31 Å².